The van der Waals surface area contributed by atoms with Crippen LogP contribution in [0.5, 0.6) is 0 Å². The van der Waals surface area contributed by atoms with Crippen molar-refractivity contribution in [1.29, 1.82) is 0 Å². The van der Waals surface area contributed by atoms with Crippen LogP contribution in [0.15, 0.2) is 29.1 Å². The number of hydrogen-bond acceptors (Lipinski definition) is 5. The molecule has 1 aliphatic carbocycles. The number of tetrazole rings is 1. The molecule has 32 heavy (non-hydrogen) atoms. The number of H-pyrrole nitrogens is 1. The van der Waals surface area contributed by atoms with E-state index >= 15 is 0 Å². The van der Waals surface area contributed by atoms with Gasteiger partial charge in [0.05, 0.1) is 11.6 Å². The lowest BCUT2D eigenvalue weighted by atomic mass is 10.00. The van der Waals surface area contributed by atoms with Gasteiger partial charge in [0.1, 0.15) is 0 Å². The molecule has 1 unspecified atom stereocenters. The molecule has 1 N–H and O–H groups in total. The number of nitrogens with one attached hydrogen (secondary N) is 1. The van der Waals surface area contributed by atoms with Crippen LogP contribution < -0.4 is 5.56 Å². The van der Waals surface area contributed by atoms with Crippen LogP contribution in [-0.4, -0.2) is 36.1 Å². The molecule has 1 aliphatic rings. The third-order valence-electron chi connectivity index (χ3n) is 7.24. The van der Waals surface area contributed by atoms with Crippen LogP contribution in [0.4, 0.5) is 0 Å². The molecule has 0 spiro atoms. The molecule has 1 saturated carbocycles. The quantitative estimate of drug-likeness (QED) is 0.545. The Morgan fingerprint density at radius 3 is 2.66 bits per heavy atom. The van der Waals surface area contributed by atoms with Crippen LogP contribution in [-0.2, 0) is 12.1 Å². The van der Waals surface area contributed by atoms with Gasteiger partial charge in [-0.2, -0.15) is 0 Å². The molecule has 7 nitrogen and oxygen atoms in total. The molecule has 4 rings (SSSR count). The molecule has 1 atom stereocenters. The zero-order chi connectivity index (χ0) is 22.9. The first-order valence-electron chi connectivity index (χ1n) is 12.0. The molecule has 0 radical (unpaired) electrons. The predicted molar refractivity (Wildman–Crippen MR) is 128 cm³/mol. The van der Waals surface area contributed by atoms with Gasteiger partial charge in [0.15, 0.2) is 5.82 Å². The lowest BCUT2D eigenvalue weighted by molar-refractivity contribution is 0.106. The molecule has 2 aromatic heterocycles. The first-order valence-corrected chi connectivity index (χ1v) is 12.0. The Morgan fingerprint density at radius 2 is 1.97 bits per heavy atom. The van der Waals surface area contributed by atoms with E-state index in [1.807, 2.05) is 17.7 Å². The van der Waals surface area contributed by atoms with E-state index in [1.165, 1.54) is 12.8 Å². The summed E-state index contributed by atoms with van der Waals surface area (Å²) < 4.78 is 2.00. The number of nitrogens with zero attached hydrogens (tertiary/aromatic N) is 5. The van der Waals surface area contributed by atoms with Crippen molar-refractivity contribution < 1.29 is 0 Å². The smallest absolute Gasteiger partial charge is 0.252 e. The first-order chi connectivity index (χ1) is 15.3. The van der Waals surface area contributed by atoms with Crippen LogP contribution in [0.25, 0.3) is 10.9 Å². The Balaban J connectivity index is 1.75. The molecule has 0 aliphatic heterocycles. The van der Waals surface area contributed by atoms with E-state index in [4.69, 9.17) is 0 Å². The Labute approximate surface area is 190 Å². The van der Waals surface area contributed by atoms with Crippen LogP contribution in [0.1, 0.15) is 89.2 Å². The van der Waals surface area contributed by atoms with Crippen LogP contribution in [0.3, 0.4) is 0 Å². The summed E-state index contributed by atoms with van der Waals surface area (Å²) in [5.74, 6) is 0.902. The number of hydrogen-bond donors (Lipinski definition) is 1. The van der Waals surface area contributed by atoms with Crippen molar-refractivity contribution in [3.63, 3.8) is 0 Å². The summed E-state index contributed by atoms with van der Waals surface area (Å²) in [5.41, 5.74) is 2.68. The van der Waals surface area contributed by atoms with Gasteiger partial charge in [0, 0.05) is 23.7 Å². The highest BCUT2D eigenvalue weighted by atomic mass is 16.1. The van der Waals surface area contributed by atoms with Gasteiger partial charge in [0.25, 0.3) is 5.56 Å². The van der Waals surface area contributed by atoms with Gasteiger partial charge in [-0.1, -0.05) is 38.8 Å². The third kappa shape index (κ3) is 4.35. The van der Waals surface area contributed by atoms with Crippen molar-refractivity contribution in [1.82, 2.24) is 30.1 Å². The summed E-state index contributed by atoms with van der Waals surface area (Å²) in [6, 6.07) is 8.77. The van der Waals surface area contributed by atoms with Gasteiger partial charge in [-0.25, -0.2) is 4.68 Å². The number of rotatable bonds is 8. The van der Waals surface area contributed by atoms with E-state index in [0.29, 0.717) is 12.6 Å². The van der Waals surface area contributed by atoms with Gasteiger partial charge < -0.3 is 4.98 Å². The van der Waals surface area contributed by atoms with Crippen molar-refractivity contribution in [2.45, 2.75) is 97.3 Å². The number of pyridine rings is 1. The SMILES string of the molecule is CCC(c1nnnn1C(C)(C)CC)N(Cc1cc2ccc(C)cc2[nH]c1=O)C1CCCC1. The Hall–Kier alpha value is -2.54. The fraction of sp³-hybridized carbons (Fsp3) is 0.600. The van der Waals surface area contributed by atoms with E-state index < -0.39 is 0 Å². The zero-order valence-corrected chi connectivity index (χ0v) is 20.1. The fourth-order valence-electron chi connectivity index (χ4n) is 4.95. The summed E-state index contributed by atoms with van der Waals surface area (Å²) in [6.45, 7) is 11.4. The average Bonchev–Trinajstić information content (AvgIpc) is 3.47. The molecule has 0 amide bonds. The standard InChI is InChI=1S/C25H36N6O/c1-6-22(23-27-28-29-31(23)25(4,5)7-2)30(20-10-8-9-11-20)16-19-15-18-13-12-17(3)14-21(18)26-24(19)32/h12-15,20,22H,6-11,16H2,1-5H3,(H,26,32). The largest absolute Gasteiger partial charge is 0.322 e. The number of aryl methyl sites for hydroxylation is 1. The minimum atomic E-state index is -0.161. The highest BCUT2D eigenvalue weighted by Gasteiger charge is 2.35. The van der Waals surface area contributed by atoms with E-state index in [0.717, 1.165) is 53.5 Å². The number of fused-ring (bicyclic) bond motifs is 1. The number of benzene rings is 1. The van der Waals surface area contributed by atoms with E-state index in [2.05, 4.69) is 71.3 Å². The normalized spacial score (nSPS) is 16.3. The molecule has 3 aromatic rings. The second-order valence-corrected chi connectivity index (χ2v) is 9.86. The topological polar surface area (TPSA) is 79.7 Å². The maximum Gasteiger partial charge on any atom is 0.252 e. The lowest BCUT2D eigenvalue weighted by Crippen LogP contribution is -2.40. The minimum absolute atomic E-state index is 0.00516. The second-order valence-electron chi connectivity index (χ2n) is 9.86. The second kappa shape index (κ2) is 9.14. The molecule has 0 saturated heterocycles. The maximum absolute atomic E-state index is 13.0. The monoisotopic (exact) mass is 436 g/mol. The molecule has 2 heterocycles. The molecule has 1 fully saturated rings. The molecule has 7 heteroatoms. The van der Waals surface area contributed by atoms with Gasteiger partial charge in [-0.3, -0.25) is 9.69 Å². The van der Waals surface area contributed by atoms with E-state index in [9.17, 15) is 4.79 Å². The molecule has 0 bridgehead atoms. The molecule has 1 aromatic carbocycles. The van der Waals surface area contributed by atoms with E-state index in [1.54, 1.807) is 0 Å². The minimum Gasteiger partial charge on any atom is -0.322 e. The van der Waals surface area contributed by atoms with Crippen molar-refractivity contribution in [2.75, 3.05) is 0 Å². The molecular weight excluding hydrogens is 400 g/mol. The Morgan fingerprint density at radius 1 is 1.22 bits per heavy atom. The first kappa shape index (κ1) is 22.6. The zero-order valence-electron chi connectivity index (χ0n) is 20.1. The predicted octanol–water partition coefficient (Wildman–Crippen LogP) is 4.86. The van der Waals surface area contributed by atoms with Gasteiger partial charge >= 0.3 is 0 Å². The van der Waals surface area contributed by atoms with Crippen molar-refractivity contribution in [3.8, 4) is 0 Å². The average molecular weight is 437 g/mol. The summed E-state index contributed by atoms with van der Waals surface area (Å²) in [4.78, 5) is 18.6. The van der Waals surface area contributed by atoms with Crippen molar-refractivity contribution in [2.24, 2.45) is 0 Å². The molecular formula is C25H36N6O. The Bertz CT molecular complexity index is 1120. The Kier molecular flexibility index (Phi) is 6.47. The van der Waals surface area contributed by atoms with Crippen LogP contribution >= 0.6 is 0 Å². The summed E-state index contributed by atoms with van der Waals surface area (Å²) >= 11 is 0. The van der Waals surface area contributed by atoms with Gasteiger partial charge in [-0.15, -0.1) is 5.10 Å². The highest BCUT2D eigenvalue weighted by Crippen LogP contribution is 2.35. The van der Waals surface area contributed by atoms with Crippen molar-refractivity contribution in [3.05, 3.63) is 51.6 Å². The lowest BCUT2D eigenvalue weighted by Gasteiger charge is -2.36. The number of aromatic amines is 1. The summed E-state index contributed by atoms with van der Waals surface area (Å²) in [7, 11) is 0. The maximum atomic E-state index is 13.0. The van der Waals surface area contributed by atoms with Crippen LogP contribution in [0, 0.1) is 6.92 Å². The highest BCUT2D eigenvalue weighted by molar-refractivity contribution is 5.79. The molecule has 172 valence electrons. The fourth-order valence-corrected chi connectivity index (χ4v) is 4.95. The van der Waals surface area contributed by atoms with Gasteiger partial charge in [-0.05, 0) is 80.0 Å². The van der Waals surface area contributed by atoms with Gasteiger partial charge in [0.2, 0.25) is 0 Å². The van der Waals surface area contributed by atoms with Crippen LogP contribution in [0.2, 0.25) is 0 Å². The summed E-state index contributed by atoms with van der Waals surface area (Å²) in [5, 5.41) is 14.0. The summed E-state index contributed by atoms with van der Waals surface area (Å²) in [6.07, 6.45) is 6.60. The third-order valence-corrected chi connectivity index (χ3v) is 7.24. The van der Waals surface area contributed by atoms with E-state index in [-0.39, 0.29) is 17.1 Å². The number of aromatic nitrogens is 5. The van der Waals surface area contributed by atoms with Crippen molar-refractivity contribution >= 4 is 10.9 Å².